The molecule has 0 amide bonds. The molecule has 4 nitrogen and oxygen atoms in total. The third kappa shape index (κ3) is 3.82. The number of nitrogens with zero attached hydrogens (tertiary/aromatic N) is 2. The Bertz CT molecular complexity index is 348. The average Bonchev–Trinajstić information content (AvgIpc) is 2.74. The van der Waals surface area contributed by atoms with E-state index in [-0.39, 0.29) is 17.7 Å². The first-order chi connectivity index (χ1) is 7.80. The van der Waals surface area contributed by atoms with E-state index in [0.717, 1.165) is 18.5 Å². The van der Waals surface area contributed by atoms with E-state index < -0.39 is 0 Å². The molecule has 0 fully saturated rings. The first-order valence-corrected chi connectivity index (χ1v) is 6.20. The standard InChI is InChI=1S/C13H25N3O/c1-6-13(5,10-17)14-7-11-8-15-16(9-11)12(2,3)4/h8-9,14,17H,6-7,10H2,1-5H3. The summed E-state index contributed by atoms with van der Waals surface area (Å²) in [6, 6.07) is 0. The van der Waals surface area contributed by atoms with Crippen LogP contribution in [0.3, 0.4) is 0 Å². The van der Waals surface area contributed by atoms with Crippen LogP contribution in [0.2, 0.25) is 0 Å². The van der Waals surface area contributed by atoms with Crippen LogP contribution in [0.4, 0.5) is 0 Å². The number of aliphatic hydroxyl groups is 1. The van der Waals surface area contributed by atoms with Crippen LogP contribution in [0, 0.1) is 0 Å². The SMILES string of the molecule is CCC(C)(CO)NCc1cnn(C(C)(C)C)c1. The number of rotatable bonds is 5. The lowest BCUT2D eigenvalue weighted by Gasteiger charge is -2.27. The lowest BCUT2D eigenvalue weighted by molar-refractivity contribution is 0.169. The van der Waals surface area contributed by atoms with Crippen molar-refractivity contribution < 1.29 is 5.11 Å². The van der Waals surface area contributed by atoms with Gasteiger partial charge in [0.15, 0.2) is 0 Å². The molecule has 0 saturated carbocycles. The zero-order valence-corrected chi connectivity index (χ0v) is 11.6. The summed E-state index contributed by atoms with van der Waals surface area (Å²) in [6.07, 6.45) is 4.84. The molecule has 0 aliphatic carbocycles. The molecule has 0 aromatic carbocycles. The van der Waals surface area contributed by atoms with Crippen LogP contribution in [-0.2, 0) is 12.1 Å². The molecule has 2 N–H and O–H groups in total. The molecule has 17 heavy (non-hydrogen) atoms. The lowest BCUT2D eigenvalue weighted by Crippen LogP contribution is -2.44. The summed E-state index contributed by atoms with van der Waals surface area (Å²) in [6.45, 7) is 11.4. The van der Waals surface area contributed by atoms with Crippen LogP contribution in [0.5, 0.6) is 0 Å². The Hall–Kier alpha value is -0.870. The maximum atomic E-state index is 9.31. The van der Waals surface area contributed by atoms with E-state index in [1.54, 1.807) is 0 Å². The Morgan fingerprint density at radius 3 is 2.41 bits per heavy atom. The van der Waals surface area contributed by atoms with Gasteiger partial charge < -0.3 is 10.4 Å². The smallest absolute Gasteiger partial charge is 0.0610 e. The predicted molar refractivity (Wildman–Crippen MR) is 69.8 cm³/mol. The lowest BCUT2D eigenvalue weighted by atomic mass is 10.0. The minimum atomic E-state index is -0.205. The monoisotopic (exact) mass is 239 g/mol. The summed E-state index contributed by atoms with van der Waals surface area (Å²) in [5, 5.41) is 17.0. The minimum Gasteiger partial charge on any atom is -0.394 e. The highest BCUT2D eigenvalue weighted by Crippen LogP contribution is 2.14. The first-order valence-electron chi connectivity index (χ1n) is 6.20. The van der Waals surface area contributed by atoms with Crippen molar-refractivity contribution in [2.75, 3.05) is 6.61 Å². The van der Waals surface area contributed by atoms with Crippen molar-refractivity contribution in [1.82, 2.24) is 15.1 Å². The van der Waals surface area contributed by atoms with Crippen molar-refractivity contribution >= 4 is 0 Å². The third-order valence-electron chi connectivity index (χ3n) is 3.17. The quantitative estimate of drug-likeness (QED) is 0.825. The molecule has 0 spiro atoms. The van der Waals surface area contributed by atoms with Crippen LogP contribution in [0.1, 0.15) is 46.6 Å². The van der Waals surface area contributed by atoms with Gasteiger partial charge in [0, 0.05) is 23.8 Å². The number of hydrogen-bond donors (Lipinski definition) is 2. The summed E-state index contributed by atoms with van der Waals surface area (Å²) in [4.78, 5) is 0. The molecule has 98 valence electrons. The van der Waals surface area contributed by atoms with Gasteiger partial charge in [-0.25, -0.2) is 0 Å². The molecule has 0 bridgehead atoms. The molecule has 1 aromatic heterocycles. The Balaban J connectivity index is 2.62. The van der Waals surface area contributed by atoms with Crippen LogP contribution >= 0.6 is 0 Å². The molecule has 0 saturated heterocycles. The first kappa shape index (κ1) is 14.2. The number of nitrogens with one attached hydrogen (secondary N) is 1. The van der Waals surface area contributed by atoms with Gasteiger partial charge in [0.25, 0.3) is 0 Å². The summed E-state index contributed by atoms with van der Waals surface area (Å²) in [5.41, 5.74) is 0.959. The minimum absolute atomic E-state index is 0.0172. The van der Waals surface area contributed by atoms with Crippen molar-refractivity contribution in [1.29, 1.82) is 0 Å². The zero-order valence-electron chi connectivity index (χ0n) is 11.6. The Kier molecular flexibility index (Phi) is 4.33. The van der Waals surface area contributed by atoms with Crippen LogP contribution < -0.4 is 5.32 Å². The molecule has 1 atom stereocenters. The van der Waals surface area contributed by atoms with Gasteiger partial charge in [-0.2, -0.15) is 5.10 Å². The summed E-state index contributed by atoms with van der Waals surface area (Å²) in [7, 11) is 0. The van der Waals surface area contributed by atoms with Gasteiger partial charge in [-0.15, -0.1) is 0 Å². The molecule has 0 aliphatic heterocycles. The number of aliphatic hydroxyl groups excluding tert-OH is 1. The highest BCUT2D eigenvalue weighted by molar-refractivity contribution is 5.05. The fourth-order valence-corrected chi connectivity index (χ4v) is 1.43. The molecule has 0 radical (unpaired) electrons. The van der Waals surface area contributed by atoms with Gasteiger partial charge >= 0.3 is 0 Å². The molecule has 1 rings (SSSR count). The fraction of sp³-hybridized carbons (Fsp3) is 0.769. The van der Waals surface area contributed by atoms with Crippen molar-refractivity contribution in [3.05, 3.63) is 18.0 Å². The average molecular weight is 239 g/mol. The number of hydrogen-bond acceptors (Lipinski definition) is 3. The summed E-state index contributed by atoms with van der Waals surface area (Å²) >= 11 is 0. The number of aromatic nitrogens is 2. The highest BCUT2D eigenvalue weighted by atomic mass is 16.3. The topological polar surface area (TPSA) is 50.1 Å². The van der Waals surface area contributed by atoms with E-state index >= 15 is 0 Å². The van der Waals surface area contributed by atoms with Gasteiger partial charge in [0.05, 0.1) is 18.3 Å². The van der Waals surface area contributed by atoms with Crippen molar-refractivity contribution in [2.24, 2.45) is 0 Å². The van der Waals surface area contributed by atoms with E-state index in [2.05, 4.69) is 44.3 Å². The van der Waals surface area contributed by atoms with Gasteiger partial charge in [0.1, 0.15) is 0 Å². The van der Waals surface area contributed by atoms with E-state index in [1.807, 2.05) is 17.8 Å². The molecule has 1 aromatic rings. The largest absolute Gasteiger partial charge is 0.394 e. The molecule has 4 heteroatoms. The third-order valence-corrected chi connectivity index (χ3v) is 3.17. The van der Waals surface area contributed by atoms with Crippen LogP contribution in [0.15, 0.2) is 12.4 Å². The normalized spacial score (nSPS) is 15.9. The molecule has 1 heterocycles. The molecular formula is C13H25N3O. The Morgan fingerprint density at radius 2 is 2.00 bits per heavy atom. The predicted octanol–water partition coefficient (Wildman–Crippen LogP) is 1.89. The fourth-order valence-electron chi connectivity index (χ4n) is 1.43. The van der Waals surface area contributed by atoms with Gasteiger partial charge in [-0.3, -0.25) is 4.68 Å². The van der Waals surface area contributed by atoms with Crippen LogP contribution in [-0.4, -0.2) is 27.0 Å². The van der Waals surface area contributed by atoms with Gasteiger partial charge in [0.2, 0.25) is 0 Å². The summed E-state index contributed by atoms with van der Waals surface area (Å²) in [5.74, 6) is 0. The summed E-state index contributed by atoms with van der Waals surface area (Å²) < 4.78 is 1.96. The molecule has 0 aliphatic rings. The maximum Gasteiger partial charge on any atom is 0.0610 e. The van der Waals surface area contributed by atoms with E-state index in [4.69, 9.17) is 0 Å². The van der Waals surface area contributed by atoms with E-state index in [0.29, 0.717) is 0 Å². The van der Waals surface area contributed by atoms with Crippen LogP contribution in [0.25, 0.3) is 0 Å². The second-order valence-electron chi connectivity index (χ2n) is 5.89. The van der Waals surface area contributed by atoms with E-state index in [9.17, 15) is 5.11 Å². The van der Waals surface area contributed by atoms with Gasteiger partial charge in [-0.05, 0) is 34.1 Å². The van der Waals surface area contributed by atoms with Gasteiger partial charge in [-0.1, -0.05) is 6.92 Å². The second kappa shape index (κ2) is 5.19. The Morgan fingerprint density at radius 1 is 1.35 bits per heavy atom. The maximum absolute atomic E-state index is 9.31. The molecule has 1 unspecified atom stereocenters. The zero-order chi connectivity index (χ0) is 13.1. The van der Waals surface area contributed by atoms with E-state index in [1.165, 1.54) is 0 Å². The molecular weight excluding hydrogens is 214 g/mol. The van der Waals surface area contributed by atoms with Crippen molar-refractivity contribution in [3.8, 4) is 0 Å². The van der Waals surface area contributed by atoms with Crippen molar-refractivity contribution in [2.45, 2.75) is 58.7 Å². The second-order valence-corrected chi connectivity index (χ2v) is 5.89. The Labute approximate surface area is 104 Å². The highest BCUT2D eigenvalue weighted by Gasteiger charge is 2.20. The van der Waals surface area contributed by atoms with Crippen molar-refractivity contribution in [3.63, 3.8) is 0 Å².